The summed E-state index contributed by atoms with van der Waals surface area (Å²) in [6, 6.07) is 11.8. The molecule has 1 heterocycles. The molecule has 0 unspecified atom stereocenters. The maximum atomic E-state index is 12.6. The van der Waals surface area contributed by atoms with Gasteiger partial charge in [0.15, 0.2) is 11.5 Å². The highest BCUT2D eigenvalue weighted by molar-refractivity contribution is 7.89. The molecule has 2 aromatic carbocycles. The number of alkyl halides is 3. The van der Waals surface area contributed by atoms with Crippen LogP contribution in [0.2, 0.25) is 0 Å². The summed E-state index contributed by atoms with van der Waals surface area (Å²) in [4.78, 5) is 22.7. The zero-order valence-corrected chi connectivity index (χ0v) is 19.8. The average Bonchev–Trinajstić information content (AvgIpc) is 2.83. The predicted molar refractivity (Wildman–Crippen MR) is 122 cm³/mol. The largest absolute Gasteiger partial charge is 0.493 e. The first-order chi connectivity index (χ1) is 16.9. The third kappa shape index (κ3) is 6.31. The summed E-state index contributed by atoms with van der Waals surface area (Å²) in [6.07, 6.45) is -4.10. The van der Waals surface area contributed by atoms with Gasteiger partial charge in [0.05, 0.1) is 19.1 Å². The lowest BCUT2D eigenvalue weighted by Crippen LogP contribution is -2.36. The van der Waals surface area contributed by atoms with E-state index in [0.717, 1.165) is 12.1 Å². The number of carbonyl (C=O) groups excluding carboxylic acids is 1. The van der Waals surface area contributed by atoms with Crippen molar-refractivity contribution in [2.24, 2.45) is 0 Å². The van der Waals surface area contributed by atoms with Crippen molar-refractivity contribution in [1.29, 1.82) is 0 Å². The molecule has 0 aliphatic rings. The molecule has 192 valence electrons. The highest BCUT2D eigenvalue weighted by Crippen LogP contribution is 2.31. The fourth-order valence-corrected chi connectivity index (χ4v) is 3.79. The van der Waals surface area contributed by atoms with Gasteiger partial charge in [0.1, 0.15) is 18.0 Å². The van der Waals surface area contributed by atoms with E-state index in [1.807, 2.05) is 0 Å². The average molecular weight is 527 g/mol. The number of rotatable bonds is 9. The quantitative estimate of drug-likeness (QED) is 0.398. The van der Waals surface area contributed by atoms with Gasteiger partial charge in [0.25, 0.3) is 10.0 Å². The number of hydrogen-bond acceptors (Lipinski definition) is 10. The molecule has 0 saturated heterocycles. The number of hydroxylamine groups is 1. The summed E-state index contributed by atoms with van der Waals surface area (Å²) >= 11 is 0. The minimum Gasteiger partial charge on any atom is -0.493 e. The summed E-state index contributed by atoms with van der Waals surface area (Å²) in [6.45, 7) is 0. The van der Waals surface area contributed by atoms with E-state index in [0.29, 0.717) is 30.1 Å². The van der Waals surface area contributed by atoms with Gasteiger partial charge in [-0.25, -0.2) is 23.2 Å². The second-order valence-electron chi connectivity index (χ2n) is 6.93. The molecule has 1 aromatic heterocycles. The van der Waals surface area contributed by atoms with Crippen molar-refractivity contribution in [1.82, 2.24) is 14.4 Å². The minimum atomic E-state index is -5.36. The Morgan fingerprint density at radius 2 is 1.53 bits per heavy atom. The van der Waals surface area contributed by atoms with Crippen LogP contribution in [0.5, 0.6) is 11.5 Å². The number of ether oxygens (including phenoxy) is 2. The summed E-state index contributed by atoms with van der Waals surface area (Å²) in [5.41, 5.74) is 0.879. The van der Waals surface area contributed by atoms with E-state index in [9.17, 15) is 26.4 Å². The number of carbonyl (C=O) groups is 1. The number of halogens is 3. The second-order valence-corrected chi connectivity index (χ2v) is 8.86. The first-order valence-corrected chi connectivity index (χ1v) is 11.3. The van der Waals surface area contributed by atoms with Crippen molar-refractivity contribution in [3.63, 3.8) is 0 Å². The lowest BCUT2D eigenvalue weighted by Gasteiger charge is -2.17. The monoisotopic (exact) mass is 527 g/mol. The predicted octanol–water partition coefficient (Wildman–Crippen LogP) is 3.62. The summed E-state index contributed by atoms with van der Waals surface area (Å²) in [5.74, 6) is -0.958. The Bertz CT molecular complexity index is 1350. The third-order valence-corrected chi connectivity index (χ3v) is 6.11. The number of nitrogens with one attached hydrogen (secondary N) is 2. The molecule has 2 N–H and O–H groups in total. The zero-order valence-electron chi connectivity index (χ0n) is 19.0. The Morgan fingerprint density at radius 3 is 2.11 bits per heavy atom. The van der Waals surface area contributed by atoms with Crippen LogP contribution in [0.1, 0.15) is 0 Å². The molecule has 0 atom stereocenters. The molecule has 15 heteroatoms. The first kappa shape index (κ1) is 26.5. The molecule has 0 aliphatic carbocycles. The van der Waals surface area contributed by atoms with Crippen molar-refractivity contribution >= 4 is 39.0 Å². The molecule has 0 spiro atoms. The van der Waals surface area contributed by atoms with Crippen LogP contribution in [0.25, 0.3) is 0 Å². The molecule has 0 fully saturated rings. The van der Waals surface area contributed by atoms with Crippen molar-refractivity contribution < 1.29 is 40.7 Å². The van der Waals surface area contributed by atoms with Gasteiger partial charge in [-0.1, -0.05) is 6.07 Å². The van der Waals surface area contributed by atoms with Crippen molar-refractivity contribution in [2.75, 3.05) is 31.9 Å². The van der Waals surface area contributed by atoms with Gasteiger partial charge in [0.2, 0.25) is 0 Å². The number of benzene rings is 2. The van der Waals surface area contributed by atoms with E-state index in [1.54, 1.807) is 18.2 Å². The number of sulfonamides is 1. The van der Waals surface area contributed by atoms with Crippen LogP contribution in [0, 0.1) is 0 Å². The Balaban J connectivity index is 1.77. The van der Waals surface area contributed by atoms with Gasteiger partial charge in [-0.3, -0.25) is 0 Å². The minimum absolute atomic E-state index is 0.155. The van der Waals surface area contributed by atoms with E-state index in [2.05, 4.69) is 25.4 Å². The maximum absolute atomic E-state index is 12.6. The standard InChI is InChI=1S/C21H20F3N5O6S/c1-29(35-20(30)21(22,23)24)36(31,32)15-6-4-5-13(9-15)27-18-11-19(26-12-25-18)28-14-7-8-16(33-2)17(10-14)34-3/h4-12H,1-3H3,(H2,25,26,27,28). The molecular weight excluding hydrogens is 507 g/mol. The summed E-state index contributed by atoms with van der Waals surface area (Å²) in [7, 11) is -0.896. The normalized spacial score (nSPS) is 11.6. The van der Waals surface area contributed by atoms with Gasteiger partial charge >= 0.3 is 12.1 Å². The molecule has 0 saturated carbocycles. The number of aromatic nitrogens is 2. The number of methoxy groups -OCH3 is 2. The first-order valence-electron chi connectivity index (χ1n) is 9.90. The molecular formula is C21H20F3N5O6S. The molecule has 3 aromatic rings. The molecule has 36 heavy (non-hydrogen) atoms. The summed E-state index contributed by atoms with van der Waals surface area (Å²) in [5, 5.41) is 5.95. The number of anilines is 4. The van der Waals surface area contributed by atoms with Crippen LogP contribution in [0.15, 0.2) is 59.8 Å². The van der Waals surface area contributed by atoms with Gasteiger partial charge < -0.3 is 24.9 Å². The maximum Gasteiger partial charge on any atom is 0.492 e. The van der Waals surface area contributed by atoms with Gasteiger partial charge in [-0.2, -0.15) is 13.2 Å². The van der Waals surface area contributed by atoms with E-state index in [-0.39, 0.29) is 16.0 Å². The van der Waals surface area contributed by atoms with Crippen molar-refractivity contribution in [2.45, 2.75) is 11.1 Å². The number of nitrogens with zero attached hydrogens (tertiary/aromatic N) is 3. The Kier molecular flexibility index (Phi) is 7.84. The lowest BCUT2D eigenvalue weighted by atomic mass is 10.2. The Labute approximate surface area is 203 Å². The van der Waals surface area contributed by atoms with Gasteiger partial charge in [-0.05, 0) is 34.8 Å². The fraction of sp³-hybridized carbons (Fsp3) is 0.190. The Hall–Kier alpha value is -4.11. The van der Waals surface area contributed by atoms with Crippen LogP contribution >= 0.6 is 0 Å². The zero-order chi connectivity index (χ0) is 26.5. The highest BCUT2D eigenvalue weighted by Gasteiger charge is 2.43. The van der Waals surface area contributed by atoms with Crippen LogP contribution in [-0.2, 0) is 19.7 Å². The van der Waals surface area contributed by atoms with E-state index >= 15 is 0 Å². The van der Waals surface area contributed by atoms with Crippen LogP contribution < -0.4 is 20.1 Å². The topological polar surface area (TPSA) is 132 Å². The molecule has 0 aliphatic heterocycles. The van der Waals surface area contributed by atoms with Gasteiger partial charge in [-0.15, -0.1) is 0 Å². The fourth-order valence-electron chi connectivity index (χ4n) is 2.80. The summed E-state index contributed by atoms with van der Waals surface area (Å²) < 4.78 is 72.7. The van der Waals surface area contributed by atoms with E-state index in [4.69, 9.17) is 9.47 Å². The van der Waals surface area contributed by atoms with E-state index in [1.165, 1.54) is 38.7 Å². The van der Waals surface area contributed by atoms with Crippen molar-refractivity contribution in [3.8, 4) is 11.5 Å². The highest BCUT2D eigenvalue weighted by atomic mass is 32.2. The molecule has 11 nitrogen and oxygen atoms in total. The molecule has 0 radical (unpaired) electrons. The third-order valence-electron chi connectivity index (χ3n) is 4.51. The Morgan fingerprint density at radius 1 is 0.917 bits per heavy atom. The lowest BCUT2D eigenvalue weighted by molar-refractivity contribution is -0.219. The number of hydrogen-bond donors (Lipinski definition) is 2. The van der Waals surface area contributed by atoms with Crippen LogP contribution in [0.3, 0.4) is 0 Å². The molecule has 0 bridgehead atoms. The van der Waals surface area contributed by atoms with E-state index < -0.39 is 27.1 Å². The van der Waals surface area contributed by atoms with Crippen LogP contribution in [0.4, 0.5) is 36.2 Å². The smallest absolute Gasteiger partial charge is 0.492 e. The van der Waals surface area contributed by atoms with Crippen molar-refractivity contribution in [3.05, 3.63) is 54.9 Å². The van der Waals surface area contributed by atoms with Crippen LogP contribution in [-0.4, -0.2) is 56.3 Å². The molecule has 0 amide bonds. The second kappa shape index (κ2) is 10.7. The van der Waals surface area contributed by atoms with Gasteiger partial charge in [0, 0.05) is 30.6 Å². The molecule has 3 rings (SSSR count). The SMILES string of the molecule is COc1ccc(Nc2cc(Nc3cccc(S(=O)(=O)N(C)OC(=O)C(F)(F)F)c3)ncn2)cc1OC.